The summed E-state index contributed by atoms with van der Waals surface area (Å²) in [4.78, 5) is 149. The van der Waals surface area contributed by atoms with Gasteiger partial charge in [0.25, 0.3) is 11.8 Å². The van der Waals surface area contributed by atoms with Gasteiger partial charge in [-0.2, -0.15) is 0 Å². The van der Waals surface area contributed by atoms with Crippen molar-refractivity contribution in [2.75, 3.05) is 68.7 Å². The number of imide groups is 2. The number of alkyl halides is 5. The monoisotopic (exact) mass is 1110 g/mol. The van der Waals surface area contributed by atoms with Gasteiger partial charge in [0.05, 0.1) is 0 Å². The summed E-state index contributed by atoms with van der Waals surface area (Å²) < 4.78 is 0. The number of rotatable bonds is 40. The van der Waals surface area contributed by atoms with Crippen molar-refractivity contribution >= 4 is 123 Å². The van der Waals surface area contributed by atoms with Gasteiger partial charge in [-0.3, -0.25) is 62.5 Å². The third-order valence-electron chi connectivity index (χ3n) is 10.7. The number of primary amides is 1. The van der Waals surface area contributed by atoms with Crippen LogP contribution in [0.15, 0.2) is 0 Å². The van der Waals surface area contributed by atoms with Crippen LogP contribution in [-0.2, 0) is 52.7 Å². The molecule has 0 aliphatic carbocycles. The second-order valence-corrected chi connectivity index (χ2v) is 17.5. The predicted octanol–water partition coefficient (Wildman–Crippen LogP) is -0.966. The van der Waals surface area contributed by atoms with Crippen molar-refractivity contribution in [3.8, 4) is 0 Å². The minimum atomic E-state index is -1.89. The summed E-state index contributed by atoms with van der Waals surface area (Å²) in [6, 6.07) is -7.71. The van der Waals surface area contributed by atoms with Crippen LogP contribution in [0.1, 0.15) is 103 Å². The SMILES string of the molecule is NCCCC[C@H](NC(=O)[C@H](CCCCN)NC(=O)[C@H](CCCCNC(=O)CCl)N(C(=O)CCl)C(=O)[C@H](CCCCNC(=O)CCl)N(C(=O)CCl)C(=O)[C@H](CCCCN)NC(=O)CCl)C(=O)NCCC(N)=O. The molecular weight excluding hydrogens is 1040 g/mol. The number of carbonyl (C=O) groups excluding carboxylic acids is 11. The summed E-state index contributed by atoms with van der Waals surface area (Å²) in [6.07, 6.45) is 1.77. The number of unbranched alkanes of at least 4 members (excludes halogenated alkanes) is 5. The molecule has 23 nitrogen and oxygen atoms in total. The van der Waals surface area contributed by atoms with Crippen LogP contribution in [0.25, 0.3) is 0 Å². The largest absolute Gasteiger partial charge is 0.370 e. The van der Waals surface area contributed by atoms with Crippen LogP contribution in [0.4, 0.5) is 0 Å². The Bertz CT molecular complexity index is 1720. The van der Waals surface area contributed by atoms with Crippen LogP contribution in [0.5, 0.6) is 0 Å². The molecule has 0 spiro atoms. The smallest absolute Gasteiger partial charge is 0.253 e. The lowest BCUT2D eigenvalue weighted by Crippen LogP contribution is -2.63. The molecule has 0 fully saturated rings. The van der Waals surface area contributed by atoms with Gasteiger partial charge < -0.3 is 54.8 Å². The van der Waals surface area contributed by atoms with Crippen LogP contribution in [0.2, 0.25) is 0 Å². The standard InChI is InChI=1S/C43H73Cl5N12O11/c44-23-34(62)53-20-9-4-14-31(41(69)58-29(12-2-7-18-50)40(68)57-28(11-1-6-17-49)39(67)55-22-16-33(52)61)59(37(65)26-47)43(71)32(15-5-10-21-54-35(63)24-45)60(38(66)27-48)42(70)30(13-3-8-19-51)56-36(64)25-46/h28-32H,1-27,49-51H2,(H2,52,61)(H,53,62)(H,54,63)(H,55,67)(H,56,64)(H,57,68)(H,58,69)/t28-,29-,30-,31-,32-/m0/s1. The Labute approximate surface area is 440 Å². The number of nitrogens with one attached hydrogen (secondary N) is 6. The zero-order valence-corrected chi connectivity index (χ0v) is 43.8. The lowest BCUT2D eigenvalue weighted by Gasteiger charge is -2.37. The number of nitrogens with two attached hydrogens (primary N) is 4. The quantitative estimate of drug-likeness (QED) is 0.0261. The van der Waals surface area contributed by atoms with E-state index in [-0.39, 0.29) is 128 Å². The van der Waals surface area contributed by atoms with E-state index in [1.807, 2.05) is 0 Å². The molecule has 0 aliphatic heterocycles. The number of halogens is 5. The lowest BCUT2D eigenvalue weighted by atomic mass is 9.99. The van der Waals surface area contributed by atoms with Gasteiger partial charge in [0.2, 0.25) is 53.2 Å². The van der Waals surface area contributed by atoms with Gasteiger partial charge in [-0.15, -0.1) is 58.0 Å². The Morgan fingerprint density at radius 2 is 0.803 bits per heavy atom. The van der Waals surface area contributed by atoms with E-state index in [4.69, 9.17) is 80.9 Å². The molecule has 0 aromatic heterocycles. The van der Waals surface area contributed by atoms with E-state index in [0.29, 0.717) is 35.5 Å². The van der Waals surface area contributed by atoms with Crippen LogP contribution < -0.4 is 54.8 Å². The zero-order valence-electron chi connectivity index (χ0n) is 40.1. The molecule has 5 atom stereocenters. The second-order valence-electron chi connectivity index (χ2n) is 16.2. The summed E-state index contributed by atoms with van der Waals surface area (Å²) in [5.74, 6) is -12.6. The average Bonchev–Trinajstić information content (AvgIpc) is 3.35. The molecule has 0 aliphatic rings. The number of hydrogen-bond donors (Lipinski definition) is 10. The fourth-order valence-corrected chi connectivity index (χ4v) is 7.58. The maximum atomic E-state index is 15.3. The molecule has 0 bridgehead atoms. The van der Waals surface area contributed by atoms with Crippen molar-refractivity contribution < 1.29 is 52.7 Å². The Morgan fingerprint density at radius 1 is 0.394 bits per heavy atom. The topological polar surface area (TPSA) is 371 Å². The molecule has 14 N–H and O–H groups in total. The highest BCUT2D eigenvalue weighted by Crippen LogP contribution is 2.22. The van der Waals surface area contributed by atoms with Crippen molar-refractivity contribution in [1.82, 2.24) is 41.7 Å². The first kappa shape index (κ1) is 66.9. The molecule has 0 rings (SSSR count). The lowest BCUT2D eigenvalue weighted by molar-refractivity contribution is -0.162. The van der Waals surface area contributed by atoms with E-state index in [0.717, 1.165) is 0 Å². The van der Waals surface area contributed by atoms with Crippen molar-refractivity contribution in [1.29, 1.82) is 0 Å². The summed E-state index contributed by atoms with van der Waals surface area (Å²) in [7, 11) is 0. The summed E-state index contributed by atoms with van der Waals surface area (Å²) >= 11 is 29.3. The molecule has 11 amide bonds. The first-order chi connectivity index (χ1) is 33.9. The highest BCUT2D eigenvalue weighted by molar-refractivity contribution is 6.30. The van der Waals surface area contributed by atoms with Crippen molar-refractivity contribution in [2.24, 2.45) is 22.9 Å². The molecule has 71 heavy (non-hydrogen) atoms. The first-order valence-corrected chi connectivity index (χ1v) is 26.2. The van der Waals surface area contributed by atoms with E-state index in [2.05, 4.69) is 31.9 Å². The minimum Gasteiger partial charge on any atom is -0.370 e. The Balaban J connectivity index is 7.75. The molecule has 0 saturated carbocycles. The number of carbonyl (C=O) groups is 11. The van der Waals surface area contributed by atoms with Gasteiger partial charge in [0.1, 0.15) is 59.6 Å². The number of hydrogen-bond acceptors (Lipinski definition) is 14. The molecular formula is C43H73Cl5N12O11. The molecule has 0 aromatic carbocycles. The van der Waals surface area contributed by atoms with E-state index in [1.165, 1.54) is 0 Å². The summed E-state index contributed by atoms with van der Waals surface area (Å²) in [5, 5.41) is 15.4. The normalized spacial score (nSPS) is 13.0. The number of nitrogens with zero attached hydrogens (tertiary/aromatic N) is 2. The Kier molecular flexibility index (Phi) is 38.1. The predicted molar refractivity (Wildman–Crippen MR) is 270 cm³/mol. The van der Waals surface area contributed by atoms with Crippen LogP contribution in [0.3, 0.4) is 0 Å². The van der Waals surface area contributed by atoms with Crippen LogP contribution >= 0.6 is 58.0 Å². The summed E-state index contributed by atoms with van der Waals surface area (Å²) in [6.45, 7) is 0.700. The highest BCUT2D eigenvalue weighted by Gasteiger charge is 2.44. The van der Waals surface area contributed by atoms with E-state index in [1.54, 1.807) is 0 Å². The fourth-order valence-electron chi connectivity index (χ4n) is 7.05. The van der Waals surface area contributed by atoms with Gasteiger partial charge in [0.15, 0.2) is 0 Å². The van der Waals surface area contributed by atoms with E-state index >= 15 is 4.79 Å². The second kappa shape index (κ2) is 40.4. The molecule has 0 unspecified atom stereocenters. The van der Waals surface area contributed by atoms with Gasteiger partial charge in [-0.05, 0) is 116 Å². The Morgan fingerprint density at radius 3 is 1.24 bits per heavy atom. The molecule has 406 valence electrons. The third kappa shape index (κ3) is 27.5. The number of amides is 11. The summed E-state index contributed by atoms with van der Waals surface area (Å²) in [5.41, 5.74) is 22.3. The highest BCUT2D eigenvalue weighted by atomic mass is 35.5. The Hall–Kier alpha value is -4.10. The van der Waals surface area contributed by atoms with Gasteiger partial charge in [-0.1, -0.05) is 0 Å². The van der Waals surface area contributed by atoms with Crippen LogP contribution in [-0.4, -0.2) is 174 Å². The molecule has 0 heterocycles. The maximum Gasteiger partial charge on any atom is 0.253 e. The van der Waals surface area contributed by atoms with Crippen molar-refractivity contribution in [2.45, 2.75) is 133 Å². The van der Waals surface area contributed by atoms with E-state index < -0.39 is 113 Å². The molecule has 0 radical (unpaired) electrons. The molecule has 0 saturated heterocycles. The van der Waals surface area contributed by atoms with Crippen LogP contribution in [0, 0.1) is 0 Å². The average molecular weight is 1110 g/mol. The van der Waals surface area contributed by atoms with Gasteiger partial charge >= 0.3 is 0 Å². The van der Waals surface area contributed by atoms with Crippen molar-refractivity contribution in [3.05, 3.63) is 0 Å². The molecule has 28 heteroatoms. The first-order valence-electron chi connectivity index (χ1n) is 23.5. The zero-order chi connectivity index (χ0) is 53.7. The van der Waals surface area contributed by atoms with E-state index in [9.17, 15) is 47.9 Å². The third-order valence-corrected chi connectivity index (χ3v) is 11.9. The maximum absolute atomic E-state index is 15.3. The van der Waals surface area contributed by atoms with Crippen molar-refractivity contribution in [3.63, 3.8) is 0 Å². The van der Waals surface area contributed by atoms with Gasteiger partial charge in [0, 0.05) is 26.1 Å². The minimum absolute atomic E-state index is 0.0101. The van der Waals surface area contributed by atoms with Gasteiger partial charge in [-0.25, -0.2) is 0 Å². The fraction of sp³-hybridized carbons (Fsp3) is 0.744. The molecule has 0 aromatic rings.